The maximum atomic E-state index is 11.5. The molecule has 2 N–H and O–H groups in total. The molecule has 0 aliphatic carbocycles. The molecule has 0 unspecified atom stereocenters. The highest BCUT2D eigenvalue weighted by Crippen LogP contribution is 2.26. The molecule has 0 saturated carbocycles. The smallest absolute Gasteiger partial charge is 0.251 e. The van der Waals surface area contributed by atoms with Crippen LogP contribution in [0.15, 0.2) is 23.0 Å². The zero-order valence-corrected chi connectivity index (χ0v) is 9.26. The maximum Gasteiger partial charge on any atom is 0.251 e. The van der Waals surface area contributed by atoms with Gasteiger partial charge in [0.25, 0.3) is 5.56 Å². The largest absolute Gasteiger partial charge is 0.385 e. The van der Waals surface area contributed by atoms with Crippen LogP contribution in [0.5, 0.6) is 0 Å². The lowest BCUT2D eigenvalue weighted by atomic mass is 10.0. The van der Waals surface area contributed by atoms with Gasteiger partial charge in [0.05, 0.1) is 0 Å². The molecule has 3 rings (SSSR count). The van der Waals surface area contributed by atoms with Crippen molar-refractivity contribution in [3.8, 4) is 0 Å². The van der Waals surface area contributed by atoms with Crippen LogP contribution in [-0.2, 0) is 6.42 Å². The summed E-state index contributed by atoms with van der Waals surface area (Å²) < 4.78 is 0. The molecule has 0 spiro atoms. The second-order valence-corrected chi connectivity index (χ2v) is 4.41. The van der Waals surface area contributed by atoms with Crippen molar-refractivity contribution in [2.75, 3.05) is 11.9 Å². The Morgan fingerprint density at radius 3 is 3.00 bits per heavy atom. The van der Waals surface area contributed by atoms with E-state index in [-0.39, 0.29) is 5.56 Å². The minimum atomic E-state index is 0.0104. The summed E-state index contributed by atoms with van der Waals surface area (Å²) in [6.07, 6.45) is 2.25. The SMILES string of the molecule is Cc1cc2cc3c(cc2[nH]c1=O)CCCN3. The van der Waals surface area contributed by atoms with Gasteiger partial charge in [0.2, 0.25) is 0 Å². The molecule has 3 heteroatoms. The number of hydrogen-bond acceptors (Lipinski definition) is 2. The van der Waals surface area contributed by atoms with Crippen molar-refractivity contribution in [2.24, 2.45) is 0 Å². The molecule has 1 aliphatic rings. The van der Waals surface area contributed by atoms with Crippen molar-refractivity contribution >= 4 is 16.6 Å². The highest BCUT2D eigenvalue weighted by atomic mass is 16.1. The van der Waals surface area contributed by atoms with Crippen molar-refractivity contribution in [3.63, 3.8) is 0 Å². The number of aromatic amines is 1. The Hall–Kier alpha value is -1.77. The lowest BCUT2D eigenvalue weighted by Crippen LogP contribution is -2.13. The molecule has 2 aromatic rings. The molecule has 1 aromatic carbocycles. The highest BCUT2D eigenvalue weighted by molar-refractivity contribution is 5.84. The Labute approximate surface area is 93.5 Å². The van der Waals surface area contributed by atoms with Crippen molar-refractivity contribution in [1.29, 1.82) is 0 Å². The topological polar surface area (TPSA) is 44.9 Å². The first-order chi connectivity index (χ1) is 7.74. The van der Waals surface area contributed by atoms with E-state index in [1.807, 2.05) is 13.0 Å². The third kappa shape index (κ3) is 1.40. The van der Waals surface area contributed by atoms with Crippen molar-refractivity contribution < 1.29 is 0 Å². The molecule has 82 valence electrons. The first kappa shape index (κ1) is 9.46. The van der Waals surface area contributed by atoms with Crippen molar-refractivity contribution in [2.45, 2.75) is 19.8 Å². The van der Waals surface area contributed by atoms with Crippen LogP contribution >= 0.6 is 0 Å². The van der Waals surface area contributed by atoms with Gasteiger partial charge in [-0.1, -0.05) is 0 Å². The van der Waals surface area contributed by atoms with E-state index in [0.717, 1.165) is 35.9 Å². The second kappa shape index (κ2) is 3.37. The maximum absolute atomic E-state index is 11.5. The van der Waals surface area contributed by atoms with Gasteiger partial charge in [-0.25, -0.2) is 0 Å². The van der Waals surface area contributed by atoms with Gasteiger partial charge in [-0.2, -0.15) is 0 Å². The van der Waals surface area contributed by atoms with Crippen molar-refractivity contribution in [1.82, 2.24) is 4.98 Å². The number of aromatic nitrogens is 1. The number of benzene rings is 1. The van der Waals surface area contributed by atoms with Crippen LogP contribution in [0.2, 0.25) is 0 Å². The van der Waals surface area contributed by atoms with E-state index in [1.54, 1.807) is 0 Å². The average Bonchev–Trinajstić information content (AvgIpc) is 2.28. The number of fused-ring (bicyclic) bond motifs is 2. The summed E-state index contributed by atoms with van der Waals surface area (Å²) in [6, 6.07) is 6.18. The summed E-state index contributed by atoms with van der Waals surface area (Å²) in [5, 5.41) is 4.50. The molecule has 0 saturated heterocycles. The Bertz CT molecular complexity index is 613. The Morgan fingerprint density at radius 2 is 2.12 bits per heavy atom. The zero-order valence-electron chi connectivity index (χ0n) is 9.26. The Kier molecular flexibility index (Phi) is 1.99. The van der Waals surface area contributed by atoms with E-state index >= 15 is 0 Å². The lowest BCUT2D eigenvalue weighted by molar-refractivity contribution is 0.831. The van der Waals surface area contributed by atoms with E-state index in [4.69, 9.17) is 0 Å². The van der Waals surface area contributed by atoms with E-state index in [2.05, 4.69) is 22.4 Å². The fraction of sp³-hybridized carbons (Fsp3) is 0.308. The van der Waals surface area contributed by atoms with Crippen LogP contribution in [0.4, 0.5) is 5.69 Å². The van der Waals surface area contributed by atoms with E-state index in [9.17, 15) is 4.79 Å². The van der Waals surface area contributed by atoms with Crippen LogP contribution in [0.3, 0.4) is 0 Å². The average molecular weight is 214 g/mol. The first-order valence-electron chi connectivity index (χ1n) is 5.64. The molecule has 3 nitrogen and oxygen atoms in total. The minimum Gasteiger partial charge on any atom is -0.385 e. The van der Waals surface area contributed by atoms with Gasteiger partial charge in [-0.3, -0.25) is 4.79 Å². The standard InChI is InChI=1S/C13H14N2O/c1-8-5-10-7-11-9(3-2-4-14-11)6-12(10)15-13(8)16/h5-7,14H,2-4H2,1H3,(H,15,16). The fourth-order valence-corrected chi connectivity index (χ4v) is 2.28. The number of hydrogen-bond donors (Lipinski definition) is 2. The number of H-pyrrole nitrogens is 1. The summed E-state index contributed by atoms with van der Waals surface area (Å²) in [5.41, 5.74) is 4.24. The molecule has 0 amide bonds. The minimum absolute atomic E-state index is 0.0104. The normalized spacial score (nSPS) is 14.6. The van der Waals surface area contributed by atoms with Crippen LogP contribution in [0, 0.1) is 6.92 Å². The summed E-state index contributed by atoms with van der Waals surface area (Å²) in [7, 11) is 0. The van der Waals surface area contributed by atoms with Gasteiger partial charge in [0.1, 0.15) is 0 Å². The highest BCUT2D eigenvalue weighted by Gasteiger charge is 2.10. The van der Waals surface area contributed by atoms with Crippen LogP contribution < -0.4 is 10.9 Å². The molecule has 1 aliphatic heterocycles. The molecule has 2 heterocycles. The molecular formula is C13H14N2O. The molecule has 0 bridgehead atoms. The van der Waals surface area contributed by atoms with E-state index in [0.29, 0.717) is 0 Å². The number of pyridine rings is 1. The Morgan fingerprint density at radius 1 is 1.25 bits per heavy atom. The Balaban J connectivity index is 2.31. The van der Waals surface area contributed by atoms with Gasteiger partial charge < -0.3 is 10.3 Å². The summed E-state index contributed by atoms with van der Waals surface area (Å²) in [6.45, 7) is 2.88. The third-order valence-electron chi connectivity index (χ3n) is 3.19. The molecule has 0 fully saturated rings. The number of aryl methyl sites for hydroxylation is 2. The fourth-order valence-electron chi connectivity index (χ4n) is 2.28. The quantitative estimate of drug-likeness (QED) is 0.706. The molecule has 0 radical (unpaired) electrons. The van der Waals surface area contributed by atoms with Gasteiger partial charge in [-0.15, -0.1) is 0 Å². The summed E-state index contributed by atoms with van der Waals surface area (Å²) in [5.74, 6) is 0. The molecular weight excluding hydrogens is 200 g/mol. The van der Waals surface area contributed by atoms with Gasteiger partial charge >= 0.3 is 0 Å². The third-order valence-corrected chi connectivity index (χ3v) is 3.19. The molecule has 16 heavy (non-hydrogen) atoms. The van der Waals surface area contributed by atoms with E-state index in [1.165, 1.54) is 11.3 Å². The number of anilines is 1. The monoisotopic (exact) mass is 214 g/mol. The van der Waals surface area contributed by atoms with Crippen LogP contribution in [0.1, 0.15) is 17.5 Å². The lowest BCUT2D eigenvalue weighted by Gasteiger charge is -2.18. The van der Waals surface area contributed by atoms with Crippen LogP contribution in [0.25, 0.3) is 10.9 Å². The molecule has 0 atom stereocenters. The predicted octanol–water partition coefficient (Wildman–Crippen LogP) is 2.19. The second-order valence-electron chi connectivity index (χ2n) is 4.41. The number of nitrogens with one attached hydrogen (secondary N) is 2. The first-order valence-corrected chi connectivity index (χ1v) is 5.64. The summed E-state index contributed by atoms with van der Waals surface area (Å²) >= 11 is 0. The van der Waals surface area contributed by atoms with Crippen molar-refractivity contribution in [3.05, 3.63) is 39.7 Å². The predicted molar refractivity (Wildman–Crippen MR) is 66.1 cm³/mol. The number of rotatable bonds is 0. The molecule has 1 aromatic heterocycles. The van der Waals surface area contributed by atoms with E-state index < -0.39 is 0 Å². The van der Waals surface area contributed by atoms with Crippen LogP contribution in [-0.4, -0.2) is 11.5 Å². The zero-order chi connectivity index (χ0) is 11.1. The van der Waals surface area contributed by atoms with Gasteiger partial charge in [-0.05, 0) is 43.5 Å². The summed E-state index contributed by atoms with van der Waals surface area (Å²) in [4.78, 5) is 14.5. The van der Waals surface area contributed by atoms with Gasteiger partial charge in [0, 0.05) is 28.7 Å². The van der Waals surface area contributed by atoms with Gasteiger partial charge in [0.15, 0.2) is 0 Å².